The van der Waals surface area contributed by atoms with E-state index >= 15 is 0 Å². The second kappa shape index (κ2) is 7.67. The van der Waals surface area contributed by atoms with Crippen molar-refractivity contribution in [3.63, 3.8) is 0 Å². The lowest BCUT2D eigenvalue weighted by Gasteiger charge is -2.22. The molecule has 0 bridgehead atoms. The Hall–Kier alpha value is -1.71. The van der Waals surface area contributed by atoms with Crippen LogP contribution in [0.15, 0.2) is 23.1 Å². The maximum Gasteiger partial charge on any atom is 0.317 e. The highest BCUT2D eigenvalue weighted by Gasteiger charge is 2.38. The monoisotopic (exact) mass is 372 g/mol. The van der Waals surface area contributed by atoms with E-state index in [2.05, 4.69) is 10.0 Å². The van der Waals surface area contributed by atoms with E-state index in [1.54, 1.807) is 11.8 Å². The Morgan fingerprint density at radius 1 is 1.36 bits per heavy atom. The molecule has 0 spiro atoms. The predicted molar refractivity (Wildman–Crippen MR) is 93.3 cm³/mol. The number of urea groups is 1. The summed E-state index contributed by atoms with van der Waals surface area (Å²) in [6.45, 7) is 2.97. The van der Waals surface area contributed by atoms with Gasteiger partial charge in [-0.05, 0) is 38.7 Å². The van der Waals surface area contributed by atoms with Crippen LogP contribution in [0, 0.1) is 18.7 Å². The number of nitrogens with zero attached hydrogens (tertiary/aromatic N) is 2. The van der Waals surface area contributed by atoms with Gasteiger partial charge < -0.3 is 15.1 Å². The Bertz CT molecular complexity index is 739. The molecule has 140 valence electrons. The Labute approximate surface area is 148 Å². The number of carbonyl (C=O) groups is 1. The molecular formula is C16H25FN4O3S. The molecule has 2 N–H and O–H groups in total. The van der Waals surface area contributed by atoms with Crippen LogP contribution in [0.4, 0.5) is 9.18 Å². The molecule has 1 fully saturated rings. The van der Waals surface area contributed by atoms with Crippen LogP contribution in [0.3, 0.4) is 0 Å². The van der Waals surface area contributed by atoms with E-state index in [0.717, 1.165) is 6.07 Å². The van der Waals surface area contributed by atoms with Crippen molar-refractivity contribution in [2.45, 2.75) is 17.9 Å². The standard InChI is InChI=1S/C16H25FN4O3S/c1-11-5-6-13(17)7-15(11)25(23,24)19-14-10-21(16(22)18-2)9-12(14)8-20(3)4/h5-7,12,14,19H,8-10H2,1-4H3,(H,18,22)/t12-,14-/m1/s1. The molecule has 1 aliphatic rings. The van der Waals surface area contributed by atoms with Gasteiger partial charge in [-0.2, -0.15) is 0 Å². The second-order valence-electron chi connectivity index (χ2n) is 6.62. The average Bonchev–Trinajstić information content (AvgIpc) is 2.90. The van der Waals surface area contributed by atoms with Gasteiger partial charge in [-0.3, -0.25) is 0 Å². The number of rotatable bonds is 5. The third-order valence-electron chi connectivity index (χ3n) is 4.29. The molecule has 1 aliphatic heterocycles. The van der Waals surface area contributed by atoms with Crippen molar-refractivity contribution in [3.05, 3.63) is 29.6 Å². The normalized spacial score (nSPS) is 21.0. The van der Waals surface area contributed by atoms with E-state index in [9.17, 15) is 17.6 Å². The largest absolute Gasteiger partial charge is 0.341 e. The van der Waals surface area contributed by atoms with E-state index in [4.69, 9.17) is 0 Å². The van der Waals surface area contributed by atoms with E-state index in [1.165, 1.54) is 19.2 Å². The highest BCUT2D eigenvalue weighted by atomic mass is 32.2. The summed E-state index contributed by atoms with van der Waals surface area (Å²) in [6.07, 6.45) is 0. The van der Waals surface area contributed by atoms with Crippen LogP contribution < -0.4 is 10.0 Å². The third-order valence-corrected chi connectivity index (χ3v) is 5.92. The minimum atomic E-state index is -3.89. The molecule has 0 saturated carbocycles. The molecule has 0 radical (unpaired) electrons. The van der Waals surface area contributed by atoms with Gasteiger partial charge in [0.25, 0.3) is 0 Å². The summed E-state index contributed by atoms with van der Waals surface area (Å²) in [4.78, 5) is 15.4. The molecule has 1 saturated heterocycles. The van der Waals surface area contributed by atoms with Crippen molar-refractivity contribution in [3.8, 4) is 0 Å². The molecule has 0 unspecified atom stereocenters. The molecule has 0 aromatic heterocycles. The minimum absolute atomic E-state index is 0.0593. The van der Waals surface area contributed by atoms with Crippen molar-refractivity contribution < 1.29 is 17.6 Å². The molecule has 2 atom stereocenters. The van der Waals surface area contributed by atoms with Gasteiger partial charge in [0.1, 0.15) is 5.82 Å². The SMILES string of the molecule is CNC(=O)N1C[C@@H](CN(C)C)[C@H](NS(=O)(=O)c2cc(F)ccc2C)C1. The van der Waals surface area contributed by atoms with E-state index in [0.29, 0.717) is 18.7 Å². The first-order chi connectivity index (χ1) is 11.6. The number of amides is 2. The first-order valence-corrected chi connectivity index (χ1v) is 9.52. The fraction of sp³-hybridized carbons (Fsp3) is 0.562. The van der Waals surface area contributed by atoms with Crippen molar-refractivity contribution in [2.75, 3.05) is 40.8 Å². The van der Waals surface area contributed by atoms with Crippen molar-refractivity contribution in [2.24, 2.45) is 5.92 Å². The number of hydrogen-bond donors (Lipinski definition) is 2. The van der Waals surface area contributed by atoms with E-state index < -0.39 is 21.9 Å². The predicted octanol–water partition coefficient (Wildman–Crippen LogP) is 0.614. The molecule has 2 rings (SSSR count). The highest BCUT2D eigenvalue weighted by molar-refractivity contribution is 7.89. The summed E-state index contributed by atoms with van der Waals surface area (Å²) in [6, 6.07) is 3.00. The van der Waals surface area contributed by atoms with Crippen LogP contribution in [-0.4, -0.2) is 71.1 Å². The van der Waals surface area contributed by atoms with Gasteiger partial charge in [0.15, 0.2) is 0 Å². The van der Waals surface area contributed by atoms with Crippen LogP contribution in [0.5, 0.6) is 0 Å². The fourth-order valence-electron chi connectivity index (χ4n) is 3.11. The number of aryl methyl sites for hydroxylation is 1. The van der Waals surface area contributed by atoms with Gasteiger partial charge in [0.2, 0.25) is 10.0 Å². The van der Waals surface area contributed by atoms with E-state index in [1.807, 2.05) is 19.0 Å². The van der Waals surface area contributed by atoms with Crippen LogP contribution in [0.2, 0.25) is 0 Å². The number of carbonyl (C=O) groups excluding carboxylic acids is 1. The third kappa shape index (κ3) is 4.68. The summed E-state index contributed by atoms with van der Waals surface area (Å²) < 4.78 is 41.6. The van der Waals surface area contributed by atoms with E-state index in [-0.39, 0.29) is 23.4 Å². The molecule has 0 aliphatic carbocycles. The Kier molecular flexibility index (Phi) is 6.02. The van der Waals surface area contributed by atoms with Crippen LogP contribution in [0.1, 0.15) is 5.56 Å². The lowest BCUT2D eigenvalue weighted by atomic mass is 10.0. The Balaban J connectivity index is 2.25. The first-order valence-electron chi connectivity index (χ1n) is 8.04. The summed E-state index contributed by atoms with van der Waals surface area (Å²) in [7, 11) is 1.44. The molecule has 9 heteroatoms. The minimum Gasteiger partial charge on any atom is -0.341 e. The van der Waals surface area contributed by atoms with Crippen LogP contribution >= 0.6 is 0 Å². The topological polar surface area (TPSA) is 81.8 Å². The summed E-state index contributed by atoms with van der Waals surface area (Å²) in [5, 5.41) is 2.56. The molecule has 25 heavy (non-hydrogen) atoms. The molecule has 1 aromatic rings. The number of benzene rings is 1. The zero-order chi connectivity index (χ0) is 18.8. The quantitative estimate of drug-likeness (QED) is 0.794. The average molecular weight is 372 g/mol. The van der Waals surface area contributed by atoms with Crippen molar-refractivity contribution in [1.29, 1.82) is 0 Å². The van der Waals surface area contributed by atoms with Gasteiger partial charge in [-0.1, -0.05) is 6.07 Å². The number of likely N-dealkylation sites (tertiary alicyclic amines) is 1. The van der Waals surface area contributed by atoms with Gasteiger partial charge in [-0.25, -0.2) is 22.3 Å². The molecular weight excluding hydrogens is 347 g/mol. The molecule has 7 nitrogen and oxygen atoms in total. The number of halogens is 1. The Morgan fingerprint density at radius 3 is 2.64 bits per heavy atom. The van der Waals surface area contributed by atoms with Gasteiger partial charge >= 0.3 is 6.03 Å². The zero-order valence-corrected chi connectivity index (χ0v) is 15.7. The number of sulfonamides is 1. The van der Waals surface area contributed by atoms with Crippen molar-refractivity contribution in [1.82, 2.24) is 19.8 Å². The molecule has 2 amide bonds. The van der Waals surface area contributed by atoms with Gasteiger partial charge in [0, 0.05) is 38.6 Å². The van der Waals surface area contributed by atoms with Gasteiger partial charge in [0.05, 0.1) is 4.90 Å². The lowest BCUT2D eigenvalue weighted by molar-refractivity contribution is 0.207. The summed E-state index contributed by atoms with van der Waals surface area (Å²) in [5.41, 5.74) is 0.471. The van der Waals surface area contributed by atoms with Crippen molar-refractivity contribution >= 4 is 16.1 Å². The smallest absolute Gasteiger partial charge is 0.317 e. The van der Waals surface area contributed by atoms with Crippen LogP contribution in [0.25, 0.3) is 0 Å². The number of hydrogen-bond acceptors (Lipinski definition) is 4. The summed E-state index contributed by atoms with van der Waals surface area (Å²) >= 11 is 0. The second-order valence-corrected chi connectivity index (χ2v) is 8.30. The van der Waals surface area contributed by atoms with Crippen LogP contribution in [-0.2, 0) is 10.0 Å². The van der Waals surface area contributed by atoms with Gasteiger partial charge in [-0.15, -0.1) is 0 Å². The Morgan fingerprint density at radius 2 is 2.04 bits per heavy atom. The first kappa shape index (κ1) is 19.6. The maximum atomic E-state index is 13.5. The molecule has 1 aromatic carbocycles. The number of nitrogens with one attached hydrogen (secondary N) is 2. The highest BCUT2D eigenvalue weighted by Crippen LogP contribution is 2.22. The molecule has 1 heterocycles. The fourth-order valence-corrected chi connectivity index (χ4v) is 4.66. The summed E-state index contributed by atoms with van der Waals surface area (Å²) in [5.74, 6) is -0.662. The maximum absolute atomic E-state index is 13.5. The lowest BCUT2D eigenvalue weighted by Crippen LogP contribution is -2.44. The zero-order valence-electron chi connectivity index (χ0n) is 14.9.